The summed E-state index contributed by atoms with van der Waals surface area (Å²) in [7, 11) is 0. The van der Waals surface area contributed by atoms with Gasteiger partial charge in [-0.1, -0.05) is 84.0 Å². The van der Waals surface area contributed by atoms with E-state index < -0.39 is 54.7 Å². The van der Waals surface area contributed by atoms with Crippen LogP contribution in [0.5, 0.6) is 0 Å². The maximum Gasteiger partial charge on any atom is 0.330 e. The van der Waals surface area contributed by atoms with Crippen molar-refractivity contribution in [2.75, 3.05) is 0 Å². The Labute approximate surface area is 247 Å². The number of aliphatic hydroxyl groups is 5. The molecule has 0 aromatic rings. The van der Waals surface area contributed by atoms with Gasteiger partial charge in [-0.25, -0.2) is 4.79 Å². The highest BCUT2D eigenvalue weighted by Gasteiger charge is 2.29. The summed E-state index contributed by atoms with van der Waals surface area (Å²) in [6, 6.07) is 0. The van der Waals surface area contributed by atoms with Crippen molar-refractivity contribution in [1.82, 2.24) is 0 Å². The molecular weight excluding hydrogens is 528 g/mol. The Hall–Kier alpha value is -1.52. The van der Waals surface area contributed by atoms with Gasteiger partial charge >= 0.3 is 11.9 Å². The summed E-state index contributed by atoms with van der Waals surface area (Å²) in [5.74, 6) is -0.996. The summed E-state index contributed by atoms with van der Waals surface area (Å²) in [4.78, 5) is 22.9. The number of ether oxygens (including phenoxy) is 2. The molecule has 1 rings (SSSR count). The zero-order valence-electron chi connectivity index (χ0n) is 25.5. The van der Waals surface area contributed by atoms with Gasteiger partial charge in [-0.05, 0) is 38.2 Å². The Kier molecular flexibility index (Phi) is 21.0. The van der Waals surface area contributed by atoms with E-state index in [4.69, 9.17) is 9.47 Å². The minimum Gasteiger partial charge on any atom is -0.462 e. The molecule has 7 atom stereocenters. The number of carbonyl (C=O) groups is 2. The van der Waals surface area contributed by atoms with Crippen LogP contribution in [0.15, 0.2) is 12.2 Å². The van der Waals surface area contributed by atoms with Crippen LogP contribution in [0.1, 0.15) is 136 Å². The van der Waals surface area contributed by atoms with E-state index in [0.717, 1.165) is 25.3 Å². The fraction of sp³-hybridized carbons (Fsp3) is 0.875. The number of cyclic esters (lactones) is 1. The van der Waals surface area contributed by atoms with Crippen molar-refractivity contribution in [2.24, 2.45) is 0 Å². The molecular formula is C32H58O9. The molecule has 0 spiro atoms. The molecule has 1 aliphatic rings. The van der Waals surface area contributed by atoms with E-state index in [2.05, 4.69) is 6.92 Å². The Morgan fingerprint density at radius 1 is 0.780 bits per heavy atom. The van der Waals surface area contributed by atoms with E-state index >= 15 is 0 Å². The van der Waals surface area contributed by atoms with Gasteiger partial charge in [-0.2, -0.15) is 0 Å². The summed E-state index contributed by atoms with van der Waals surface area (Å²) < 4.78 is 10.4. The van der Waals surface area contributed by atoms with Gasteiger partial charge in [-0.15, -0.1) is 0 Å². The normalized spacial score (nSPS) is 20.7. The highest BCUT2D eigenvalue weighted by atomic mass is 16.6. The number of rotatable bonds is 25. The largest absolute Gasteiger partial charge is 0.462 e. The fourth-order valence-electron chi connectivity index (χ4n) is 5.49. The number of hydrogen-bond acceptors (Lipinski definition) is 9. The molecule has 0 saturated heterocycles. The molecule has 0 aromatic heterocycles. The fourth-order valence-corrected chi connectivity index (χ4v) is 5.49. The maximum absolute atomic E-state index is 11.6. The minimum atomic E-state index is -1.05. The Bertz CT molecular complexity index is 713. The minimum absolute atomic E-state index is 0.00721. The van der Waals surface area contributed by atoms with Gasteiger partial charge in [0.15, 0.2) is 0 Å². The van der Waals surface area contributed by atoms with Crippen molar-refractivity contribution in [3.8, 4) is 0 Å². The van der Waals surface area contributed by atoms with Crippen LogP contribution in [-0.2, 0) is 19.1 Å². The number of unbranched alkanes of at least 4 members (excludes halogenated alkanes) is 12. The highest BCUT2D eigenvalue weighted by molar-refractivity contribution is 5.83. The topological polar surface area (TPSA) is 154 Å². The highest BCUT2D eigenvalue weighted by Crippen LogP contribution is 2.21. The number of aliphatic hydroxyl groups excluding tert-OH is 5. The lowest BCUT2D eigenvalue weighted by atomic mass is 9.95. The Morgan fingerprint density at radius 3 is 1.76 bits per heavy atom. The van der Waals surface area contributed by atoms with Gasteiger partial charge in [0, 0.05) is 25.8 Å². The average Bonchev–Trinajstić information content (AvgIpc) is 2.88. The van der Waals surface area contributed by atoms with E-state index in [0.29, 0.717) is 6.42 Å². The quantitative estimate of drug-likeness (QED) is 0.0760. The Morgan fingerprint density at radius 2 is 1.24 bits per heavy atom. The second-order valence-corrected chi connectivity index (χ2v) is 11.9. The van der Waals surface area contributed by atoms with E-state index in [1.54, 1.807) is 0 Å². The molecule has 0 aromatic carbocycles. The molecule has 240 valence electrons. The van der Waals surface area contributed by atoms with Crippen molar-refractivity contribution in [1.29, 1.82) is 0 Å². The number of esters is 2. The van der Waals surface area contributed by atoms with Crippen LogP contribution >= 0.6 is 0 Å². The predicted octanol–water partition coefficient (Wildman–Crippen LogP) is 4.64. The van der Waals surface area contributed by atoms with Crippen molar-refractivity contribution in [3.05, 3.63) is 12.2 Å². The molecule has 0 bridgehead atoms. The number of hydrogen-bond donors (Lipinski definition) is 5. The lowest BCUT2D eigenvalue weighted by Crippen LogP contribution is -2.37. The summed E-state index contributed by atoms with van der Waals surface area (Å²) in [5.41, 5.74) is 0. The molecule has 0 fully saturated rings. The third-order valence-electron chi connectivity index (χ3n) is 7.71. The zero-order chi connectivity index (χ0) is 30.5. The average molecular weight is 587 g/mol. The van der Waals surface area contributed by atoms with E-state index in [-0.39, 0.29) is 32.1 Å². The van der Waals surface area contributed by atoms with E-state index in [1.807, 2.05) is 0 Å². The number of carbonyl (C=O) groups excluding carboxylic acids is 2. The van der Waals surface area contributed by atoms with Gasteiger partial charge in [-0.3, -0.25) is 4.79 Å². The van der Waals surface area contributed by atoms with Crippen molar-refractivity contribution >= 4 is 11.9 Å². The summed E-state index contributed by atoms with van der Waals surface area (Å²) in [6.45, 7) is 3.59. The molecule has 0 unspecified atom stereocenters. The van der Waals surface area contributed by atoms with Gasteiger partial charge < -0.3 is 35.0 Å². The first-order chi connectivity index (χ1) is 19.6. The second-order valence-electron chi connectivity index (χ2n) is 11.9. The SMILES string of the molecule is CCCCCCCCCCCCCCC[C@H](C[C@H](O)C[C@H](O)C[C@H](O)C[C@H](O)C[C@@H]1OC(=O)C=C[C@@H]1O)OC(C)=O. The first kappa shape index (κ1) is 37.5. The molecule has 0 amide bonds. The first-order valence-electron chi connectivity index (χ1n) is 16.1. The van der Waals surface area contributed by atoms with E-state index in [1.165, 1.54) is 77.2 Å². The van der Waals surface area contributed by atoms with Crippen LogP contribution in [0.4, 0.5) is 0 Å². The van der Waals surface area contributed by atoms with Crippen molar-refractivity contribution in [2.45, 2.75) is 179 Å². The molecule has 1 heterocycles. The molecule has 41 heavy (non-hydrogen) atoms. The molecule has 0 saturated carbocycles. The maximum atomic E-state index is 11.6. The van der Waals surface area contributed by atoms with Crippen LogP contribution in [0.3, 0.4) is 0 Å². The third kappa shape index (κ3) is 20.1. The van der Waals surface area contributed by atoms with Crippen LogP contribution in [-0.4, -0.2) is 80.2 Å². The Balaban J connectivity index is 2.21. The first-order valence-corrected chi connectivity index (χ1v) is 16.1. The summed E-state index contributed by atoms with van der Waals surface area (Å²) in [5, 5.41) is 51.2. The van der Waals surface area contributed by atoms with Gasteiger partial charge in [0.05, 0.1) is 24.4 Å². The van der Waals surface area contributed by atoms with Gasteiger partial charge in [0.2, 0.25) is 0 Å². The summed E-state index contributed by atoms with van der Waals surface area (Å²) >= 11 is 0. The predicted molar refractivity (Wildman–Crippen MR) is 158 cm³/mol. The van der Waals surface area contributed by atoms with Crippen molar-refractivity contribution in [3.63, 3.8) is 0 Å². The van der Waals surface area contributed by atoms with Crippen LogP contribution in [0.25, 0.3) is 0 Å². The molecule has 9 nitrogen and oxygen atoms in total. The zero-order valence-corrected chi connectivity index (χ0v) is 25.5. The molecule has 9 heteroatoms. The standard InChI is InChI=1S/C32H58O9/c1-3-4-5-6-7-8-9-10-11-12-13-14-15-16-29(40-24(2)33)22-27(36)20-25(34)19-26(35)21-28(37)23-31-30(38)17-18-32(39)41-31/h17-18,25-31,34-38H,3-16,19-23H2,1-2H3/t25-,26+,27-,28+,29-,30+,31+/m1/s1. The van der Waals surface area contributed by atoms with E-state index in [9.17, 15) is 35.1 Å². The summed E-state index contributed by atoms with van der Waals surface area (Å²) in [6.07, 6.45) is 13.0. The monoisotopic (exact) mass is 586 g/mol. The van der Waals surface area contributed by atoms with Gasteiger partial charge in [0.1, 0.15) is 18.3 Å². The van der Waals surface area contributed by atoms with Crippen LogP contribution < -0.4 is 0 Å². The smallest absolute Gasteiger partial charge is 0.330 e. The molecule has 0 radical (unpaired) electrons. The molecule has 0 aliphatic carbocycles. The lowest BCUT2D eigenvalue weighted by Gasteiger charge is -2.27. The molecule has 1 aliphatic heterocycles. The van der Waals surface area contributed by atoms with Gasteiger partial charge in [0.25, 0.3) is 0 Å². The lowest BCUT2D eigenvalue weighted by molar-refractivity contribution is -0.152. The third-order valence-corrected chi connectivity index (χ3v) is 7.71. The van der Waals surface area contributed by atoms with Crippen molar-refractivity contribution < 1.29 is 44.6 Å². The van der Waals surface area contributed by atoms with Crippen LogP contribution in [0.2, 0.25) is 0 Å². The molecule has 5 N–H and O–H groups in total. The van der Waals surface area contributed by atoms with Crippen LogP contribution in [0, 0.1) is 0 Å². The second kappa shape index (κ2) is 23.0.